The highest BCUT2D eigenvalue weighted by Crippen LogP contribution is 1.93. The summed E-state index contributed by atoms with van der Waals surface area (Å²) in [7, 11) is 0. The van der Waals surface area contributed by atoms with Crippen LogP contribution in [-0.2, 0) is 0 Å². The predicted molar refractivity (Wildman–Crippen MR) is 46.3 cm³/mol. The van der Waals surface area contributed by atoms with Crippen LogP contribution in [0.4, 0.5) is 0 Å². The van der Waals surface area contributed by atoms with Crippen molar-refractivity contribution in [1.82, 2.24) is 4.98 Å². The molecule has 3 heteroatoms. The summed E-state index contributed by atoms with van der Waals surface area (Å²) in [6.07, 6.45) is 5.35. The summed E-state index contributed by atoms with van der Waals surface area (Å²) in [5.41, 5.74) is 0.683. The molecule has 1 aromatic heterocycles. The van der Waals surface area contributed by atoms with Gasteiger partial charge in [-0.15, -0.1) is 0 Å². The number of allylic oxidation sites excluding steroid dienone is 1. The second kappa shape index (κ2) is 4.14. The zero-order valence-electron chi connectivity index (χ0n) is 6.45. The molecule has 0 amide bonds. The van der Waals surface area contributed by atoms with Gasteiger partial charge in [-0.3, -0.25) is 4.79 Å². The number of aromatic amines is 1. The van der Waals surface area contributed by atoms with Crippen LogP contribution in [0.15, 0.2) is 29.2 Å². The molecule has 0 saturated heterocycles. The zero-order chi connectivity index (χ0) is 8.81. The Labute approximate surface area is 70.0 Å². The van der Waals surface area contributed by atoms with Crippen LogP contribution in [0.1, 0.15) is 12.1 Å². The first-order valence-electron chi connectivity index (χ1n) is 3.55. The quantitative estimate of drug-likeness (QED) is 0.708. The molecule has 60 valence electrons. The zero-order valence-corrected chi connectivity index (χ0v) is 6.45. The first-order chi connectivity index (χ1) is 5.83. The third kappa shape index (κ3) is 2.43. The second-order valence-corrected chi connectivity index (χ2v) is 2.24. The molecule has 0 aliphatic heterocycles. The van der Waals surface area contributed by atoms with Gasteiger partial charge in [0.1, 0.15) is 0 Å². The number of nitriles is 1. The maximum atomic E-state index is 10.8. The smallest absolute Gasteiger partial charge is 0.182 e. The SMILES string of the molecule is N#CCC=Cc1cc(=O)cc[nH]1. The number of aromatic nitrogens is 1. The fourth-order valence-electron chi connectivity index (χ4n) is 0.798. The summed E-state index contributed by atoms with van der Waals surface area (Å²) in [5.74, 6) is 0. The molecule has 1 rings (SSSR count). The highest BCUT2D eigenvalue weighted by molar-refractivity contribution is 5.43. The van der Waals surface area contributed by atoms with Gasteiger partial charge in [0, 0.05) is 24.0 Å². The number of pyridine rings is 1. The molecule has 0 saturated carbocycles. The maximum absolute atomic E-state index is 10.8. The Balaban J connectivity index is 2.78. The van der Waals surface area contributed by atoms with Crippen LogP contribution in [0.5, 0.6) is 0 Å². The van der Waals surface area contributed by atoms with E-state index >= 15 is 0 Å². The van der Waals surface area contributed by atoms with Gasteiger partial charge in [-0.1, -0.05) is 6.08 Å². The molecule has 1 heterocycles. The van der Waals surface area contributed by atoms with E-state index in [1.807, 2.05) is 6.07 Å². The van der Waals surface area contributed by atoms with Crippen LogP contribution in [-0.4, -0.2) is 4.98 Å². The standard InChI is InChI=1S/C9H8N2O/c10-5-2-1-3-8-7-9(12)4-6-11-8/h1,3-4,6-7H,2H2,(H,11,12). The van der Waals surface area contributed by atoms with Crippen LogP contribution in [0.2, 0.25) is 0 Å². The van der Waals surface area contributed by atoms with Crippen LogP contribution in [0.25, 0.3) is 6.08 Å². The average Bonchev–Trinajstić information content (AvgIpc) is 2.05. The van der Waals surface area contributed by atoms with E-state index in [-0.39, 0.29) is 5.43 Å². The van der Waals surface area contributed by atoms with Gasteiger partial charge in [0.15, 0.2) is 5.43 Å². The average molecular weight is 160 g/mol. The number of hydrogen-bond donors (Lipinski definition) is 1. The van der Waals surface area contributed by atoms with Gasteiger partial charge in [-0.2, -0.15) is 5.26 Å². The Hall–Kier alpha value is -1.82. The summed E-state index contributed by atoms with van der Waals surface area (Å²) < 4.78 is 0. The monoisotopic (exact) mass is 160 g/mol. The van der Waals surface area contributed by atoms with Crippen molar-refractivity contribution < 1.29 is 0 Å². The lowest BCUT2D eigenvalue weighted by molar-refractivity contribution is 1.26. The molecule has 0 aliphatic rings. The van der Waals surface area contributed by atoms with E-state index in [0.29, 0.717) is 6.42 Å². The van der Waals surface area contributed by atoms with Gasteiger partial charge in [-0.05, 0) is 6.08 Å². The Morgan fingerprint density at radius 1 is 1.67 bits per heavy atom. The second-order valence-electron chi connectivity index (χ2n) is 2.24. The molecule has 0 unspecified atom stereocenters. The van der Waals surface area contributed by atoms with Gasteiger partial charge in [0.2, 0.25) is 0 Å². The third-order valence-corrected chi connectivity index (χ3v) is 1.30. The minimum absolute atomic E-state index is 0.0367. The number of rotatable bonds is 2. The van der Waals surface area contributed by atoms with E-state index in [1.54, 1.807) is 18.3 Å². The minimum atomic E-state index is -0.0367. The molecule has 12 heavy (non-hydrogen) atoms. The topological polar surface area (TPSA) is 56.6 Å². The Morgan fingerprint density at radius 2 is 2.50 bits per heavy atom. The van der Waals surface area contributed by atoms with Crippen LogP contribution in [0, 0.1) is 11.3 Å². The lowest BCUT2D eigenvalue weighted by Crippen LogP contribution is -1.97. The van der Waals surface area contributed by atoms with Gasteiger partial charge in [0.25, 0.3) is 0 Å². The molecule has 0 spiro atoms. The lowest BCUT2D eigenvalue weighted by atomic mass is 10.3. The summed E-state index contributed by atoms with van der Waals surface area (Å²) >= 11 is 0. The molecule has 1 aromatic rings. The molecule has 0 atom stereocenters. The number of hydrogen-bond acceptors (Lipinski definition) is 2. The van der Waals surface area contributed by atoms with E-state index in [2.05, 4.69) is 4.98 Å². The van der Waals surface area contributed by atoms with Crippen molar-refractivity contribution >= 4 is 6.08 Å². The Kier molecular flexibility index (Phi) is 2.86. The summed E-state index contributed by atoms with van der Waals surface area (Å²) in [6, 6.07) is 4.90. The van der Waals surface area contributed by atoms with Crippen LogP contribution >= 0.6 is 0 Å². The highest BCUT2D eigenvalue weighted by atomic mass is 16.1. The summed E-state index contributed by atoms with van der Waals surface area (Å²) in [6.45, 7) is 0. The van der Waals surface area contributed by atoms with Gasteiger partial charge in [0.05, 0.1) is 12.5 Å². The number of nitrogens with zero attached hydrogens (tertiary/aromatic N) is 1. The molecule has 0 aromatic carbocycles. The first kappa shape index (κ1) is 8.28. The summed E-state index contributed by atoms with van der Waals surface area (Å²) in [4.78, 5) is 13.7. The van der Waals surface area contributed by atoms with Crippen molar-refractivity contribution in [3.63, 3.8) is 0 Å². The molecular formula is C9H8N2O. The predicted octanol–water partition coefficient (Wildman–Crippen LogP) is 1.30. The van der Waals surface area contributed by atoms with E-state index < -0.39 is 0 Å². The molecule has 0 bridgehead atoms. The normalized spacial score (nSPS) is 9.92. The fraction of sp³-hybridized carbons (Fsp3) is 0.111. The van der Waals surface area contributed by atoms with Gasteiger partial charge in [-0.25, -0.2) is 0 Å². The van der Waals surface area contributed by atoms with Crippen LogP contribution in [0.3, 0.4) is 0 Å². The van der Waals surface area contributed by atoms with Crippen molar-refractivity contribution in [2.24, 2.45) is 0 Å². The molecule has 0 radical (unpaired) electrons. The van der Waals surface area contributed by atoms with Crippen molar-refractivity contribution in [1.29, 1.82) is 5.26 Å². The molecule has 0 aliphatic carbocycles. The minimum Gasteiger partial charge on any atom is -0.361 e. The highest BCUT2D eigenvalue weighted by Gasteiger charge is 1.85. The molecular weight excluding hydrogens is 152 g/mol. The van der Waals surface area contributed by atoms with E-state index in [9.17, 15) is 4.79 Å². The maximum Gasteiger partial charge on any atom is 0.182 e. The first-order valence-corrected chi connectivity index (χ1v) is 3.55. The Bertz CT molecular complexity index is 371. The van der Waals surface area contributed by atoms with Crippen molar-refractivity contribution in [2.45, 2.75) is 6.42 Å². The number of H-pyrrole nitrogens is 1. The third-order valence-electron chi connectivity index (χ3n) is 1.30. The molecule has 0 fully saturated rings. The largest absolute Gasteiger partial charge is 0.361 e. The molecule has 3 nitrogen and oxygen atoms in total. The molecule has 1 N–H and O–H groups in total. The van der Waals surface area contributed by atoms with Crippen molar-refractivity contribution in [3.8, 4) is 6.07 Å². The number of nitrogens with one attached hydrogen (secondary N) is 1. The fourth-order valence-corrected chi connectivity index (χ4v) is 0.798. The van der Waals surface area contributed by atoms with Crippen LogP contribution < -0.4 is 5.43 Å². The van der Waals surface area contributed by atoms with E-state index in [0.717, 1.165) is 5.69 Å². The van der Waals surface area contributed by atoms with Crippen molar-refractivity contribution in [3.05, 3.63) is 40.3 Å². The van der Waals surface area contributed by atoms with Crippen molar-refractivity contribution in [2.75, 3.05) is 0 Å². The van der Waals surface area contributed by atoms with E-state index in [4.69, 9.17) is 5.26 Å². The lowest BCUT2D eigenvalue weighted by Gasteiger charge is -1.89. The van der Waals surface area contributed by atoms with Gasteiger partial charge < -0.3 is 4.98 Å². The van der Waals surface area contributed by atoms with E-state index in [1.165, 1.54) is 12.1 Å². The van der Waals surface area contributed by atoms with Gasteiger partial charge >= 0.3 is 0 Å². The Morgan fingerprint density at radius 3 is 3.17 bits per heavy atom. The summed E-state index contributed by atoms with van der Waals surface area (Å²) in [5, 5.41) is 8.23.